The lowest BCUT2D eigenvalue weighted by Crippen LogP contribution is -2.37. The van der Waals surface area contributed by atoms with Crippen LogP contribution in [0.15, 0.2) is 0 Å². The summed E-state index contributed by atoms with van der Waals surface area (Å²) in [7, 11) is 0. The number of carbonyl (C=O) groups is 1. The van der Waals surface area contributed by atoms with Crippen molar-refractivity contribution in [2.45, 2.75) is 51.2 Å². The van der Waals surface area contributed by atoms with Gasteiger partial charge in [0.25, 0.3) is 0 Å². The second-order valence-corrected chi connectivity index (χ2v) is 5.26. The topological polar surface area (TPSA) is 55.1 Å². The molecular formula is C12H21F3N2O. The Kier molecular flexibility index (Phi) is 5.44. The molecule has 3 unspecified atom stereocenters. The summed E-state index contributed by atoms with van der Waals surface area (Å²) >= 11 is 0. The molecule has 3 nitrogen and oxygen atoms in total. The monoisotopic (exact) mass is 266 g/mol. The highest BCUT2D eigenvalue weighted by Gasteiger charge is 2.41. The Bertz CT molecular complexity index is 279. The molecule has 0 aromatic rings. The normalized spacial score (nSPS) is 26.7. The Hall–Kier alpha value is -0.780. The van der Waals surface area contributed by atoms with Gasteiger partial charge in [0.2, 0.25) is 5.91 Å². The van der Waals surface area contributed by atoms with Crippen LogP contribution in [0.4, 0.5) is 13.2 Å². The number of alkyl halides is 3. The molecule has 1 saturated carbocycles. The van der Waals surface area contributed by atoms with Crippen molar-refractivity contribution in [2.75, 3.05) is 6.54 Å². The number of halogens is 3. The Morgan fingerprint density at radius 1 is 1.44 bits per heavy atom. The lowest BCUT2D eigenvalue weighted by molar-refractivity contribution is -0.185. The molecule has 1 fully saturated rings. The van der Waals surface area contributed by atoms with Gasteiger partial charge in [-0.25, -0.2) is 0 Å². The summed E-state index contributed by atoms with van der Waals surface area (Å²) in [5.74, 6) is -1.46. The van der Waals surface area contributed by atoms with E-state index in [1.54, 1.807) is 6.92 Å². The van der Waals surface area contributed by atoms with Crippen molar-refractivity contribution in [3.8, 4) is 0 Å². The third-order valence-electron chi connectivity index (χ3n) is 3.34. The highest BCUT2D eigenvalue weighted by molar-refractivity contribution is 5.76. The minimum absolute atomic E-state index is 0.0672. The van der Waals surface area contributed by atoms with Crippen LogP contribution in [-0.4, -0.2) is 24.7 Å². The molecule has 0 heterocycles. The van der Waals surface area contributed by atoms with Gasteiger partial charge in [-0.3, -0.25) is 4.79 Å². The maximum atomic E-state index is 12.6. The zero-order chi connectivity index (χ0) is 13.8. The molecule has 0 spiro atoms. The Balaban J connectivity index is 2.32. The summed E-state index contributed by atoms with van der Waals surface area (Å²) in [5.41, 5.74) is 5.47. The molecule has 0 radical (unpaired) electrons. The minimum atomic E-state index is -4.10. The van der Waals surface area contributed by atoms with E-state index >= 15 is 0 Å². The lowest BCUT2D eigenvalue weighted by Gasteiger charge is -2.30. The summed E-state index contributed by atoms with van der Waals surface area (Å²) in [6.45, 7) is 2.05. The maximum absolute atomic E-state index is 12.6. The summed E-state index contributed by atoms with van der Waals surface area (Å²) in [5, 5.41) is 2.67. The Morgan fingerprint density at radius 2 is 2.11 bits per heavy atom. The van der Waals surface area contributed by atoms with Crippen molar-refractivity contribution < 1.29 is 18.0 Å². The summed E-state index contributed by atoms with van der Waals surface area (Å²) in [4.78, 5) is 11.4. The van der Waals surface area contributed by atoms with E-state index in [2.05, 4.69) is 5.32 Å². The van der Waals surface area contributed by atoms with Gasteiger partial charge in [0.15, 0.2) is 0 Å². The number of rotatable bonds is 4. The first-order valence-electron chi connectivity index (χ1n) is 6.38. The standard InChI is InChI=1S/C12H21F3N2O/c1-8(16)5-11(18)17-7-9-3-2-4-10(6-9)12(13,14)15/h8-10H,2-7,16H2,1H3,(H,17,18). The molecule has 0 aliphatic heterocycles. The fourth-order valence-electron chi connectivity index (χ4n) is 2.40. The molecule has 1 aliphatic carbocycles. The average molecular weight is 266 g/mol. The first-order chi connectivity index (χ1) is 8.29. The van der Waals surface area contributed by atoms with Crippen molar-refractivity contribution in [1.82, 2.24) is 5.32 Å². The summed E-state index contributed by atoms with van der Waals surface area (Å²) < 4.78 is 37.7. The number of nitrogens with one attached hydrogen (secondary N) is 1. The van der Waals surface area contributed by atoms with E-state index in [0.717, 1.165) is 6.42 Å². The smallest absolute Gasteiger partial charge is 0.356 e. The zero-order valence-electron chi connectivity index (χ0n) is 10.6. The van der Waals surface area contributed by atoms with Gasteiger partial charge in [-0.05, 0) is 32.1 Å². The highest BCUT2D eigenvalue weighted by Crippen LogP contribution is 2.39. The zero-order valence-corrected chi connectivity index (χ0v) is 10.6. The van der Waals surface area contributed by atoms with Gasteiger partial charge in [-0.1, -0.05) is 6.42 Å². The molecule has 3 atom stereocenters. The second kappa shape index (κ2) is 6.41. The van der Waals surface area contributed by atoms with Crippen molar-refractivity contribution in [3.63, 3.8) is 0 Å². The Morgan fingerprint density at radius 3 is 2.67 bits per heavy atom. The van der Waals surface area contributed by atoms with Crippen molar-refractivity contribution >= 4 is 5.91 Å². The SMILES string of the molecule is CC(N)CC(=O)NCC1CCCC(C(F)(F)F)C1. The largest absolute Gasteiger partial charge is 0.391 e. The minimum Gasteiger partial charge on any atom is -0.356 e. The van der Waals surface area contributed by atoms with E-state index in [4.69, 9.17) is 5.73 Å². The quantitative estimate of drug-likeness (QED) is 0.819. The van der Waals surface area contributed by atoms with Crippen LogP contribution in [-0.2, 0) is 4.79 Å². The van der Waals surface area contributed by atoms with Crippen molar-refractivity contribution in [2.24, 2.45) is 17.6 Å². The number of nitrogens with two attached hydrogens (primary N) is 1. The van der Waals surface area contributed by atoms with E-state index in [9.17, 15) is 18.0 Å². The van der Waals surface area contributed by atoms with Crippen LogP contribution in [0.1, 0.15) is 39.0 Å². The van der Waals surface area contributed by atoms with Crippen molar-refractivity contribution in [1.29, 1.82) is 0 Å². The summed E-state index contributed by atoms with van der Waals surface area (Å²) in [6.07, 6.45) is -2.21. The maximum Gasteiger partial charge on any atom is 0.391 e. The first-order valence-corrected chi connectivity index (χ1v) is 6.38. The fraction of sp³-hybridized carbons (Fsp3) is 0.917. The molecule has 1 amide bonds. The number of hydrogen-bond acceptors (Lipinski definition) is 2. The second-order valence-electron chi connectivity index (χ2n) is 5.26. The molecule has 1 aliphatic rings. The van der Waals surface area contributed by atoms with E-state index in [1.165, 1.54) is 0 Å². The first kappa shape index (κ1) is 15.3. The van der Waals surface area contributed by atoms with Crippen LogP contribution in [0.5, 0.6) is 0 Å². The van der Waals surface area contributed by atoms with Gasteiger partial charge >= 0.3 is 6.18 Å². The van der Waals surface area contributed by atoms with Crippen LogP contribution >= 0.6 is 0 Å². The third kappa shape index (κ3) is 5.25. The van der Waals surface area contributed by atoms with Gasteiger partial charge in [0.1, 0.15) is 0 Å². The number of carbonyl (C=O) groups excluding carboxylic acids is 1. The predicted octanol–water partition coefficient (Wildman–Crippen LogP) is 2.21. The number of amides is 1. The third-order valence-corrected chi connectivity index (χ3v) is 3.34. The van der Waals surface area contributed by atoms with Crippen LogP contribution in [0.25, 0.3) is 0 Å². The van der Waals surface area contributed by atoms with Gasteiger partial charge in [0.05, 0.1) is 5.92 Å². The molecule has 0 bridgehead atoms. The van der Waals surface area contributed by atoms with Crippen LogP contribution in [0, 0.1) is 11.8 Å². The van der Waals surface area contributed by atoms with Crippen LogP contribution in [0.3, 0.4) is 0 Å². The van der Waals surface area contributed by atoms with Gasteiger partial charge in [0, 0.05) is 19.0 Å². The summed E-state index contributed by atoms with van der Waals surface area (Å²) in [6, 6.07) is -0.223. The van der Waals surface area contributed by atoms with Crippen LogP contribution < -0.4 is 11.1 Å². The number of hydrogen-bond donors (Lipinski definition) is 2. The van der Waals surface area contributed by atoms with E-state index < -0.39 is 12.1 Å². The molecule has 0 aromatic carbocycles. The molecule has 18 heavy (non-hydrogen) atoms. The molecule has 6 heteroatoms. The highest BCUT2D eigenvalue weighted by atomic mass is 19.4. The van der Waals surface area contributed by atoms with E-state index in [-0.39, 0.29) is 37.1 Å². The molecule has 3 N–H and O–H groups in total. The lowest BCUT2D eigenvalue weighted by atomic mass is 9.81. The van der Waals surface area contributed by atoms with Gasteiger partial charge < -0.3 is 11.1 Å². The van der Waals surface area contributed by atoms with E-state index in [1.807, 2.05) is 0 Å². The Labute approximate surface area is 105 Å². The molecule has 106 valence electrons. The predicted molar refractivity (Wildman–Crippen MR) is 62.8 cm³/mol. The fourth-order valence-corrected chi connectivity index (χ4v) is 2.40. The van der Waals surface area contributed by atoms with Gasteiger partial charge in [-0.2, -0.15) is 13.2 Å². The molecule has 0 aromatic heterocycles. The molecule has 1 rings (SSSR count). The van der Waals surface area contributed by atoms with Crippen molar-refractivity contribution in [3.05, 3.63) is 0 Å². The average Bonchev–Trinajstić information content (AvgIpc) is 2.25. The molecule has 0 saturated heterocycles. The van der Waals surface area contributed by atoms with Crippen LogP contribution in [0.2, 0.25) is 0 Å². The van der Waals surface area contributed by atoms with Gasteiger partial charge in [-0.15, -0.1) is 0 Å². The molecular weight excluding hydrogens is 245 g/mol. The van der Waals surface area contributed by atoms with E-state index in [0.29, 0.717) is 13.0 Å².